The molecular formula is C11H22N2. The minimum absolute atomic E-state index is 0.296. The molecule has 0 saturated heterocycles. The molecule has 0 spiro atoms. The summed E-state index contributed by atoms with van der Waals surface area (Å²) in [5, 5.41) is 7.77. The molecule has 1 N–H and O–H groups in total. The molecule has 0 radical (unpaired) electrons. The molecule has 13 heavy (non-hydrogen) atoms. The van der Waals surface area contributed by atoms with E-state index in [9.17, 15) is 0 Å². The van der Waals surface area contributed by atoms with Gasteiger partial charge in [0.05, 0.1) is 5.84 Å². The molecule has 0 fully saturated rings. The normalized spacial score (nSPS) is 10.7. The van der Waals surface area contributed by atoms with Gasteiger partial charge in [0.2, 0.25) is 0 Å². The van der Waals surface area contributed by atoms with Crippen molar-refractivity contribution in [2.24, 2.45) is 11.8 Å². The molecular weight excluding hydrogens is 160 g/mol. The van der Waals surface area contributed by atoms with Crippen LogP contribution in [0.1, 0.15) is 27.7 Å². The molecule has 0 atom stereocenters. The Morgan fingerprint density at radius 3 is 2.00 bits per heavy atom. The van der Waals surface area contributed by atoms with Crippen LogP contribution >= 0.6 is 0 Å². The second-order valence-electron chi connectivity index (χ2n) is 4.21. The number of nitrogens with one attached hydrogen (secondary N) is 1. The number of hydrogen-bond acceptors (Lipinski definition) is 1. The van der Waals surface area contributed by atoms with Crippen molar-refractivity contribution in [3.8, 4) is 0 Å². The molecule has 0 aliphatic heterocycles. The van der Waals surface area contributed by atoms with Crippen molar-refractivity contribution in [2.45, 2.75) is 27.7 Å². The fourth-order valence-corrected chi connectivity index (χ4v) is 1.01. The van der Waals surface area contributed by atoms with E-state index in [-0.39, 0.29) is 0 Å². The van der Waals surface area contributed by atoms with E-state index in [1.807, 2.05) is 25.8 Å². The zero-order chi connectivity index (χ0) is 10.6. The molecule has 0 amide bonds. The summed E-state index contributed by atoms with van der Waals surface area (Å²) >= 11 is 0. The van der Waals surface area contributed by atoms with E-state index in [1.165, 1.54) is 5.57 Å². The zero-order valence-corrected chi connectivity index (χ0v) is 9.52. The van der Waals surface area contributed by atoms with Crippen molar-refractivity contribution >= 4 is 5.84 Å². The third-order valence-corrected chi connectivity index (χ3v) is 2.21. The number of hydrogen-bond donors (Lipinski definition) is 1. The van der Waals surface area contributed by atoms with Gasteiger partial charge in [-0.2, -0.15) is 0 Å². The monoisotopic (exact) mass is 182 g/mol. The highest BCUT2D eigenvalue weighted by atomic mass is 15.1. The molecule has 2 heteroatoms. The Balaban J connectivity index is 4.08. The summed E-state index contributed by atoms with van der Waals surface area (Å²) in [5.41, 5.74) is 1.19. The van der Waals surface area contributed by atoms with Crippen LogP contribution in [0.5, 0.6) is 0 Å². The molecule has 0 aliphatic carbocycles. The van der Waals surface area contributed by atoms with Gasteiger partial charge in [-0.3, -0.25) is 5.41 Å². The fourth-order valence-electron chi connectivity index (χ4n) is 1.01. The molecule has 0 saturated carbocycles. The summed E-state index contributed by atoms with van der Waals surface area (Å²) < 4.78 is 0. The average molecular weight is 182 g/mol. The van der Waals surface area contributed by atoms with Crippen LogP contribution in [0, 0.1) is 17.2 Å². The summed E-state index contributed by atoms with van der Waals surface area (Å²) in [4.78, 5) is 1.97. The Morgan fingerprint density at radius 2 is 1.69 bits per heavy atom. The zero-order valence-electron chi connectivity index (χ0n) is 9.52. The third-order valence-electron chi connectivity index (χ3n) is 2.21. The van der Waals surface area contributed by atoms with Gasteiger partial charge in [0, 0.05) is 19.5 Å². The van der Waals surface area contributed by atoms with Crippen LogP contribution in [0.25, 0.3) is 0 Å². The van der Waals surface area contributed by atoms with Crippen LogP contribution < -0.4 is 0 Å². The Labute approximate surface area is 82.1 Å². The van der Waals surface area contributed by atoms with Crippen molar-refractivity contribution in [3.63, 3.8) is 0 Å². The predicted octanol–water partition coefficient (Wildman–Crippen LogP) is 2.76. The largest absolute Gasteiger partial charge is 0.359 e. The smallest absolute Gasteiger partial charge is 0.0984 e. The van der Waals surface area contributed by atoms with Gasteiger partial charge in [0.15, 0.2) is 0 Å². The highest BCUT2D eigenvalue weighted by molar-refractivity contribution is 5.80. The van der Waals surface area contributed by atoms with Crippen molar-refractivity contribution in [1.29, 1.82) is 5.41 Å². The number of nitrogens with zero attached hydrogens (tertiary/aromatic N) is 1. The van der Waals surface area contributed by atoms with Crippen LogP contribution in [-0.4, -0.2) is 24.3 Å². The topological polar surface area (TPSA) is 27.1 Å². The van der Waals surface area contributed by atoms with Crippen LogP contribution in [0.4, 0.5) is 0 Å². The third kappa shape index (κ3) is 4.11. The van der Waals surface area contributed by atoms with Crippen LogP contribution in [0.15, 0.2) is 12.2 Å². The number of likely N-dealkylation sites (N-methyl/N-ethyl adjacent to an activating group) is 1. The Kier molecular flexibility index (Phi) is 4.74. The lowest BCUT2D eigenvalue weighted by atomic mass is 10.0. The quantitative estimate of drug-likeness (QED) is 0.404. The van der Waals surface area contributed by atoms with Crippen molar-refractivity contribution < 1.29 is 0 Å². The van der Waals surface area contributed by atoms with Gasteiger partial charge in [-0.05, 0) is 5.92 Å². The van der Waals surface area contributed by atoms with E-state index < -0.39 is 0 Å². The maximum absolute atomic E-state index is 7.77. The first-order valence-corrected chi connectivity index (χ1v) is 4.83. The molecule has 0 unspecified atom stereocenters. The highest BCUT2D eigenvalue weighted by Gasteiger charge is 2.10. The molecule has 0 aromatic rings. The summed E-state index contributed by atoms with van der Waals surface area (Å²) in [7, 11) is 1.95. The van der Waals surface area contributed by atoms with E-state index in [4.69, 9.17) is 5.41 Å². The molecule has 0 aromatic heterocycles. The summed E-state index contributed by atoms with van der Waals surface area (Å²) in [6.07, 6.45) is 0. The van der Waals surface area contributed by atoms with Gasteiger partial charge >= 0.3 is 0 Å². The lowest BCUT2D eigenvalue weighted by Crippen LogP contribution is -2.32. The maximum Gasteiger partial charge on any atom is 0.0984 e. The second kappa shape index (κ2) is 5.05. The van der Waals surface area contributed by atoms with Crippen LogP contribution in [0.2, 0.25) is 0 Å². The first-order chi connectivity index (χ1) is 5.86. The van der Waals surface area contributed by atoms with Gasteiger partial charge in [-0.15, -0.1) is 0 Å². The lowest BCUT2D eigenvalue weighted by Gasteiger charge is -2.24. The predicted molar refractivity (Wildman–Crippen MR) is 59.2 cm³/mol. The molecule has 2 nitrogen and oxygen atoms in total. The Hall–Kier alpha value is -0.790. The number of amidine groups is 1. The molecule has 0 rings (SSSR count). The summed E-state index contributed by atoms with van der Waals surface area (Å²) in [6, 6.07) is 0. The Bertz CT molecular complexity index is 192. The van der Waals surface area contributed by atoms with Gasteiger partial charge in [-0.25, -0.2) is 0 Å². The average Bonchev–Trinajstić information content (AvgIpc) is 2.02. The highest BCUT2D eigenvalue weighted by Crippen LogP contribution is 2.09. The molecule has 0 bridgehead atoms. The van der Waals surface area contributed by atoms with Crippen LogP contribution in [0.3, 0.4) is 0 Å². The van der Waals surface area contributed by atoms with E-state index in [2.05, 4.69) is 20.4 Å². The standard InChI is InChI=1S/C11H22N2/c1-8(2)10(5)7-13(6)11(12)9(3)4/h8-9,12H,5,7H2,1-4,6H3. The van der Waals surface area contributed by atoms with E-state index in [1.54, 1.807) is 0 Å². The van der Waals surface area contributed by atoms with Crippen LogP contribution in [-0.2, 0) is 0 Å². The SMILES string of the molecule is C=C(CN(C)C(=N)C(C)C)C(C)C. The fraction of sp³-hybridized carbons (Fsp3) is 0.727. The molecule has 0 aromatic carbocycles. The van der Waals surface area contributed by atoms with Gasteiger partial charge in [0.1, 0.15) is 0 Å². The molecule has 76 valence electrons. The van der Waals surface area contributed by atoms with E-state index >= 15 is 0 Å². The molecule has 0 heterocycles. The van der Waals surface area contributed by atoms with Crippen molar-refractivity contribution in [3.05, 3.63) is 12.2 Å². The minimum atomic E-state index is 0.296. The molecule has 0 aliphatic rings. The van der Waals surface area contributed by atoms with Gasteiger partial charge in [0.25, 0.3) is 0 Å². The maximum atomic E-state index is 7.77. The minimum Gasteiger partial charge on any atom is -0.359 e. The van der Waals surface area contributed by atoms with Gasteiger partial charge < -0.3 is 4.90 Å². The number of rotatable bonds is 4. The summed E-state index contributed by atoms with van der Waals surface area (Å²) in [6.45, 7) is 13.1. The second-order valence-corrected chi connectivity index (χ2v) is 4.21. The first kappa shape index (κ1) is 12.2. The Morgan fingerprint density at radius 1 is 1.23 bits per heavy atom. The van der Waals surface area contributed by atoms with Crippen molar-refractivity contribution in [1.82, 2.24) is 4.90 Å². The summed E-state index contributed by atoms with van der Waals surface area (Å²) in [5.74, 6) is 1.48. The van der Waals surface area contributed by atoms with E-state index in [0.717, 1.165) is 6.54 Å². The lowest BCUT2D eigenvalue weighted by molar-refractivity contribution is 0.489. The van der Waals surface area contributed by atoms with Gasteiger partial charge in [-0.1, -0.05) is 39.8 Å². The first-order valence-electron chi connectivity index (χ1n) is 4.83. The van der Waals surface area contributed by atoms with Crippen molar-refractivity contribution in [2.75, 3.05) is 13.6 Å². The van der Waals surface area contributed by atoms with E-state index in [0.29, 0.717) is 17.7 Å².